The Balaban J connectivity index is 2.10. The van der Waals surface area contributed by atoms with Gasteiger partial charge in [0.1, 0.15) is 12.2 Å². The molecule has 1 amide bonds. The number of carbonyl (C=O) groups excluding carboxylic acids is 1. The zero-order chi connectivity index (χ0) is 13.1. The molecule has 1 aromatic rings. The predicted molar refractivity (Wildman–Crippen MR) is 62.4 cm³/mol. The molecule has 2 rings (SSSR count). The second kappa shape index (κ2) is 5.32. The number of hydrogen-bond donors (Lipinski definition) is 2. The average molecular weight is 258 g/mol. The number of amides is 1. The lowest BCUT2D eigenvalue weighted by molar-refractivity contribution is 0.0909. The fourth-order valence-corrected chi connectivity index (χ4v) is 2.24. The molecule has 1 fully saturated rings. The molecular formula is C11H16F2N4O. The Morgan fingerprint density at radius 2 is 2.22 bits per heavy atom. The highest BCUT2D eigenvalue weighted by Gasteiger charge is 2.23. The van der Waals surface area contributed by atoms with E-state index in [0.29, 0.717) is 0 Å². The summed E-state index contributed by atoms with van der Waals surface area (Å²) in [6.45, 7) is -0.620. The highest BCUT2D eigenvalue weighted by Crippen LogP contribution is 2.19. The first-order valence-corrected chi connectivity index (χ1v) is 5.98. The van der Waals surface area contributed by atoms with E-state index in [1.807, 2.05) is 0 Å². The number of nitrogen functional groups attached to an aromatic ring is 1. The molecule has 3 N–H and O–H groups in total. The van der Waals surface area contributed by atoms with Crippen LogP contribution >= 0.6 is 0 Å². The van der Waals surface area contributed by atoms with Gasteiger partial charge < -0.3 is 11.1 Å². The van der Waals surface area contributed by atoms with Gasteiger partial charge in [0.2, 0.25) is 0 Å². The molecule has 0 spiro atoms. The van der Waals surface area contributed by atoms with Crippen LogP contribution in [0.3, 0.4) is 0 Å². The van der Waals surface area contributed by atoms with E-state index in [4.69, 9.17) is 5.73 Å². The molecule has 0 bridgehead atoms. The number of carbonyl (C=O) groups is 1. The summed E-state index contributed by atoms with van der Waals surface area (Å²) >= 11 is 0. The van der Waals surface area contributed by atoms with Crippen LogP contribution in [-0.4, -0.2) is 28.2 Å². The lowest BCUT2D eigenvalue weighted by Gasteiger charge is -2.13. The smallest absolute Gasteiger partial charge is 0.271 e. The van der Waals surface area contributed by atoms with E-state index >= 15 is 0 Å². The number of aromatic nitrogens is 2. The van der Waals surface area contributed by atoms with E-state index in [-0.39, 0.29) is 17.4 Å². The summed E-state index contributed by atoms with van der Waals surface area (Å²) in [4.78, 5) is 12.0. The van der Waals surface area contributed by atoms with Crippen molar-refractivity contribution in [1.82, 2.24) is 15.1 Å². The van der Waals surface area contributed by atoms with Crippen molar-refractivity contribution in [1.29, 1.82) is 0 Å². The second-order valence-electron chi connectivity index (χ2n) is 4.48. The summed E-state index contributed by atoms with van der Waals surface area (Å²) in [7, 11) is 0. The zero-order valence-corrected chi connectivity index (χ0v) is 9.90. The minimum atomic E-state index is -2.57. The number of nitrogens with one attached hydrogen (secondary N) is 1. The van der Waals surface area contributed by atoms with E-state index in [2.05, 4.69) is 10.4 Å². The number of nitrogens with two attached hydrogens (primary N) is 1. The van der Waals surface area contributed by atoms with Crippen LogP contribution in [0.5, 0.6) is 0 Å². The molecular weight excluding hydrogens is 242 g/mol. The number of hydrogen-bond acceptors (Lipinski definition) is 3. The fourth-order valence-electron chi connectivity index (χ4n) is 2.24. The Labute approximate surface area is 103 Å². The first-order chi connectivity index (χ1) is 8.58. The van der Waals surface area contributed by atoms with Crippen molar-refractivity contribution in [3.63, 3.8) is 0 Å². The van der Waals surface area contributed by atoms with Crippen molar-refractivity contribution in [2.75, 3.05) is 5.73 Å². The first-order valence-electron chi connectivity index (χ1n) is 5.98. The normalized spacial score (nSPS) is 16.4. The van der Waals surface area contributed by atoms with Gasteiger partial charge in [-0.1, -0.05) is 12.8 Å². The maximum Gasteiger partial charge on any atom is 0.271 e. The van der Waals surface area contributed by atoms with Crippen LogP contribution < -0.4 is 11.1 Å². The summed E-state index contributed by atoms with van der Waals surface area (Å²) in [6, 6.07) is 0.117. The van der Waals surface area contributed by atoms with Crippen molar-refractivity contribution in [3.05, 3.63) is 11.9 Å². The van der Waals surface area contributed by atoms with Gasteiger partial charge in [0, 0.05) is 6.04 Å². The van der Waals surface area contributed by atoms with E-state index < -0.39 is 18.9 Å². The molecule has 7 heteroatoms. The molecule has 1 saturated carbocycles. The van der Waals surface area contributed by atoms with E-state index in [1.54, 1.807) is 0 Å². The molecule has 1 aliphatic carbocycles. The third-order valence-corrected chi connectivity index (χ3v) is 3.08. The van der Waals surface area contributed by atoms with Crippen molar-refractivity contribution in [3.8, 4) is 0 Å². The highest BCUT2D eigenvalue weighted by molar-refractivity contribution is 5.97. The van der Waals surface area contributed by atoms with E-state index in [0.717, 1.165) is 30.4 Å². The van der Waals surface area contributed by atoms with Crippen LogP contribution in [0, 0.1) is 0 Å². The number of alkyl halides is 2. The summed E-state index contributed by atoms with van der Waals surface area (Å²) in [6.07, 6.45) is 2.67. The van der Waals surface area contributed by atoms with Crippen molar-refractivity contribution >= 4 is 11.6 Å². The maximum absolute atomic E-state index is 12.3. The lowest BCUT2D eigenvalue weighted by Crippen LogP contribution is -2.35. The van der Waals surface area contributed by atoms with Gasteiger partial charge in [0.25, 0.3) is 12.3 Å². The van der Waals surface area contributed by atoms with Crippen LogP contribution in [0.4, 0.5) is 14.5 Å². The number of halogens is 2. The van der Waals surface area contributed by atoms with Crippen LogP contribution in [0.15, 0.2) is 6.20 Å². The molecule has 0 unspecified atom stereocenters. The third-order valence-electron chi connectivity index (χ3n) is 3.08. The quantitative estimate of drug-likeness (QED) is 0.857. The molecule has 0 aliphatic heterocycles. The standard InChI is InChI=1S/C11H16F2N4O/c12-9(13)6-17-10(8(14)5-15-17)11(18)16-7-3-1-2-4-7/h5,7,9H,1-4,6,14H2,(H,16,18). The lowest BCUT2D eigenvalue weighted by atomic mass is 10.2. The largest absolute Gasteiger partial charge is 0.396 e. The number of anilines is 1. The molecule has 18 heavy (non-hydrogen) atoms. The Morgan fingerprint density at radius 3 is 2.83 bits per heavy atom. The van der Waals surface area contributed by atoms with Gasteiger partial charge in [-0.25, -0.2) is 8.78 Å². The summed E-state index contributed by atoms with van der Waals surface area (Å²) in [5, 5.41) is 6.51. The monoisotopic (exact) mass is 258 g/mol. The van der Waals surface area contributed by atoms with Gasteiger partial charge >= 0.3 is 0 Å². The molecule has 0 radical (unpaired) electrons. The van der Waals surface area contributed by atoms with Gasteiger partial charge in [-0.05, 0) is 12.8 Å². The van der Waals surface area contributed by atoms with Crippen LogP contribution in [0.1, 0.15) is 36.2 Å². The van der Waals surface area contributed by atoms with Crippen molar-refractivity contribution in [2.24, 2.45) is 0 Å². The van der Waals surface area contributed by atoms with E-state index in [1.165, 1.54) is 6.20 Å². The molecule has 1 aliphatic rings. The Bertz CT molecular complexity index is 427. The Hall–Kier alpha value is -1.66. The van der Waals surface area contributed by atoms with Crippen molar-refractivity contribution < 1.29 is 13.6 Å². The third kappa shape index (κ3) is 2.77. The Kier molecular flexibility index (Phi) is 3.78. The van der Waals surface area contributed by atoms with Crippen LogP contribution in [-0.2, 0) is 6.54 Å². The van der Waals surface area contributed by atoms with E-state index in [9.17, 15) is 13.6 Å². The van der Waals surface area contributed by atoms with Gasteiger partial charge in [-0.3, -0.25) is 9.48 Å². The molecule has 1 aromatic heterocycles. The molecule has 1 heterocycles. The van der Waals surface area contributed by atoms with Gasteiger partial charge in [-0.2, -0.15) is 5.10 Å². The second-order valence-corrected chi connectivity index (χ2v) is 4.48. The SMILES string of the molecule is Nc1cnn(CC(F)F)c1C(=O)NC1CCCC1. The first kappa shape index (κ1) is 12.8. The topological polar surface area (TPSA) is 72.9 Å². The minimum absolute atomic E-state index is 0.0298. The molecule has 0 saturated heterocycles. The summed E-state index contributed by atoms with van der Waals surface area (Å²) in [5.41, 5.74) is 5.76. The van der Waals surface area contributed by atoms with Crippen molar-refractivity contribution in [2.45, 2.75) is 44.7 Å². The number of nitrogens with zero attached hydrogens (tertiary/aromatic N) is 2. The maximum atomic E-state index is 12.3. The fraction of sp³-hybridized carbons (Fsp3) is 0.636. The zero-order valence-electron chi connectivity index (χ0n) is 9.90. The van der Waals surface area contributed by atoms with Gasteiger partial charge in [0.05, 0.1) is 11.9 Å². The average Bonchev–Trinajstić information content (AvgIpc) is 2.88. The van der Waals surface area contributed by atoms with Gasteiger partial charge in [-0.15, -0.1) is 0 Å². The van der Waals surface area contributed by atoms with Crippen LogP contribution in [0.2, 0.25) is 0 Å². The predicted octanol–water partition coefficient (Wildman–Crippen LogP) is 1.40. The number of rotatable bonds is 4. The minimum Gasteiger partial charge on any atom is -0.396 e. The summed E-state index contributed by atoms with van der Waals surface area (Å²) in [5.74, 6) is -0.419. The molecule has 0 aromatic carbocycles. The Morgan fingerprint density at radius 1 is 1.56 bits per heavy atom. The molecule has 100 valence electrons. The summed E-state index contributed by atoms with van der Waals surface area (Å²) < 4.78 is 25.7. The highest BCUT2D eigenvalue weighted by atomic mass is 19.3. The van der Waals surface area contributed by atoms with Gasteiger partial charge in [0.15, 0.2) is 0 Å². The molecule has 0 atom stereocenters. The molecule has 5 nitrogen and oxygen atoms in total. The van der Waals surface area contributed by atoms with Crippen LogP contribution in [0.25, 0.3) is 0 Å².